The maximum absolute atomic E-state index is 12.7. The molecule has 2 N–H and O–H groups in total. The van der Waals surface area contributed by atoms with Gasteiger partial charge < -0.3 is 5.73 Å². The standard InChI is InChI=1S/C19H18N2O/c20-15-5-3-4-13(10-15)14-8-9-18(22)19(11-14)12-21-17-7-2-1-6-16(17)19/h1-7,10,12,14H,8-9,11,20H2. The zero-order valence-electron chi connectivity index (χ0n) is 12.3. The molecule has 2 aliphatic rings. The number of nitrogens with two attached hydrogens (primary N) is 1. The zero-order chi connectivity index (χ0) is 15.2. The normalized spacial score (nSPS) is 26.4. The molecule has 1 fully saturated rings. The van der Waals surface area contributed by atoms with Crippen molar-refractivity contribution in [2.24, 2.45) is 4.99 Å². The first-order valence-corrected chi connectivity index (χ1v) is 7.72. The highest BCUT2D eigenvalue weighted by atomic mass is 16.1. The molecule has 1 aliphatic carbocycles. The average Bonchev–Trinajstić information content (AvgIpc) is 2.90. The number of hydrogen-bond donors (Lipinski definition) is 1. The number of carbonyl (C=O) groups excluding carboxylic acids is 1. The van der Waals surface area contributed by atoms with Crippen LogP contribution in [-0.2, 0) is 10.2 Å². The van der Waals surface area contributed by atoms with E-state index in [2.05, 4.69) is 11.1 Å². The number of para-hydroxylation sites is 1. The van der Waals surface area contributed by atoms with Crippen molar-refractivity contribution in [3.8, 4) is 0 Å². The number of rotatable bonds is 1. The first kappa shape index (κ1) is 13.3. The van der Waals surface area contributed by atoms with Gasteiger partial charge in [-0.15, -0.1) is 0 Å². The van der Waals surface area contributed by atoms with Crippen LogP contribution >= 0.6 is 0 Å². The number of carbonyl (C=O) groups is 1. The molecule has 2 aromatic rings. The van der Waals surface area contributed by atoms with E-state index in [1.807, 2.05) is 48.7 Å². The molecule has 22 heavy (non-hydrogen) atoms. The topological polar surface area (TPSA) is 55.5 Å². The SMILES string of the molecule is Nc1cccc(C2CCC(=O)C3(C=Nc4ccccc43)C2)c1. The average molecular weight is 290 g/mol. The van der Waals surface area contributed by atoms with Gasteiger partial charge in [-0.3, -0.25) is 9.79 Å². The number of fused-ring (bicyclic) bond motifs is 2. The van der Waals surface area contributed by atoms with Gasteiger partial charge in [-0.1, -0.05) is 30.3 Å². The van der Waals surface area contributed by atoms with Crippen LogP contribution in [0.1, 0.15) is 36.3 Å². The van der Waals surface area contributed by atoms with E-state index in [1.54, 1.807) is 0 Å². The van der Waals surface area contributed by atoms with Gasteiger partial charge in [-0.05, 0) is 48.1 Å². The van der Waals surface area contributed by atoms with Gasteiger partial charge in [0.05, 0.1) is 11.1 Å². The summed E-state index contributed by atoms with van der Waals surface area (Å²) in [5.74, 6) is 0.639. The lowest BCUT2D eigenvalue weighted by Gasteiger charge is -2.35. The van der Waals surface area contributed by atoms with Crippen LogP contribution in [-0.4, -0.2) is 12.0 Å². The van der Waals surface area contributed by atoms with Crippen molar-refractivity contribution in [3.63, 3.8) is 0 Å². The van der Waals surface area contributed by atoms with Crippen molar-refractivity contribution in [3.05, 3.63) is 59.7 Å². The molecule has 0 bridgehead atoms. The molecule has 1 saturated carbocycles. The summed E-state index contributed by atoms with van der Waals surface area (Å²) in [6.07, 6.45) is 4.15. The first-order chi connectivity index (χ1) is 10.7. The molecule has 1 aliphatic heterocycles. The van der Waals surface area contributed by atoms with Crippen molar-refractivity contribution in [1.82, 2.24) is 0 Å². The fourth-order valence-corrected chi connectivity index (χ4v) is 3.83. The van der Waals surface area contributed by atoms with Crippen molar-refractivity contribution < 1.29 is 4.79 Å². The van der Waals surface area contributed by atoms with Gasteiger partial charge in [0.25, 0.3) is 0 Å². The number of nitrogen functional groups attached to an aromatic ring is 1. The third kappa shape index (κ3) is 1.89. The van der Waals surface area contributed by atoms with Gasteiger partial charge in [0.1, 0.15) is 5.78 Å². The van der Waals surface area contributed by atoms with Crippen molar-refractivity contribution in [2.45, 2.75) is 30.6 Å². The number of hydrogen-bond acceptors (Lipinski definition) is 3. The Morgan fingerprint density at radius 3 is 2.86 bits per heavy atom. The Labute approximate surface area is 129 Å². The molecule has 3 nitrogen and oxygen atoms in total. The second-order valence-corrected chi connectivity index (χ2v) is 6.28. The predicted molar refractivity (Wildman–Crippen MR) is 88.7 cm³/mol. The monoisotopic (exact) mass is 290 g/mol. The summed E-state index contributed by atoms with van der Waals surface area (Å²) in [6, 6.07) is 16.0. The molecule has 3 heteroatoms. The van der Waals surface area contributed by atoms with E-state index in [4.69, 9.17) is 5.73 Å². The minimum Gasteiger partial charge on any atom is -0.399 e. The van der Waals surface area contributed by atoms with Gasteiger partial charge in [-0.2, -0.15) is 0 Å². The number of ketones is 1. The molecule has 2 atom stereocenters. The number of anilines is 1. The number of nitrogens with zero attached hydrogens (tertiary/aromatic N) is 1. The Balaban J connectivity index is 1.75. The van der Waals surface area contributed by atoms with Crippen molar-refractivity contribution >= 4 is 23.4 Å². The largest absolute Gasteiger partial charge is 0.399 e. The highest BCUT2D eigenvalue weighted by Gasteiger charge is 2.47. The zero-order valence-corrected chi connectivity index (χ0v) is 12.3. The highest BCUT2D eigenvalue weighted by Crippen LogP contribution is 2.48. The van der Waals surface area contributed by atoms with E-state index in [0.29, 0.717) is 18.1 Å². The van der Waals surface area contributed by atoms with Gasteiger partial charge in [-0.25, -0.2) is 0 Å². The molecule has 0 radical (unpaired) electrons. The first-order valence-electron chi connectivity index (χ1n) is 7.72. The lowest BCUT2D eigenvalue weighted by molar-refractivity contribution is -0.124. The van der Waals surface area contributed by atoms with Crippen LogP contribution in [0.5, 0.6) is 0 Å². The summed E-state index contributed by atoms with van der Waals surface area (Å²) in [5, 5.41) is 0. The molecular weight excluding hydrogens is 272 g/mol. The smallest absolute Gasteiger partial charge is 0.148 e. The second kappa shape index (κ2) is 4.80. The summed E-state index contributed by atoms with van der Waals surface area (Å²) >= 11 is 0. The number of Topliss-reactive ketones (excluding diaryl/α,β-unsaturated/α-hetero) is 1. The molecular formula is C19H18N2O. The molecule has 0 aromatic heterocycles. The third-order valence-corrected chi connectivity index (χ3v) is 4.98. The van der Waals surface area contributed by atoms with Gasteiger partial charge in [0.15, 0.2) is 0 Å². The molecule has 1 spiro atoms. The maximum Gasteiger partial charge on any atom is 0.148 e. The summed E-state index contributed by atoms with van der Waals surface area (Å²) in [7, 11) is 0. The molecule has 0 amide bonds. The maximum atomic E-state index is 12.7. The molecule has 2 aromatic carbocycles. The van der Waals surface area contributed by atoms with Crippen LogP contribution in [0.25, 0.3) is 0 Å². The molecule has 2 unspecified atom stereocenters. The van der Waals surface area contributed by atoms with E-state index < -0.39 is 5.41 Å². The Morgan fingerprint density at radius 1 is 1.14 bits per heavy atom. The van der Waals surface area contributed by atoms with E-state index in [9.17, 15) is 4.79 Å². The predicted octanol–water partition coefficient (Wildman–Crippen LogP) is 3.76. The van der Waals surface area contributed by atoms with Gasteiger partial charge >= 0.3 is 0 Å². The lowest BCUT2D eigenvalue weighted by atomic mass is 9.65. The lowest BCUT2D eigenvalue weighted by Crippen LogP contribution is -2.41. The highest BCUT2D eigenvalue weighted by molar-refractivity contribution is 6.10. The van der Waals surface area contributed by atoms with E-state index in [1.165, 1.54) is 5.56 Å². The van der Waals surface area contributed by atoms with Crippen LogP contribution in [0.2, 0.25) is 0 Å². The van der Waals surface area contributed by atoms with E-state index in [0.717, 1.165) is 29.8 Å². The van der Waals surface area contributed by atoms with Crippen LogP contribution in [0.15, 0.2) is 53.5 Å². The summed E-state index contributed by atoms with van der Waals surface area (Å²) in [5.41, 5.74) is 9.39. The quantitative estimate of drug-likeness (QED) is 0.813. The van der Waals surface area contributed by atoms with Crippen LogP contribution < -0.4 is 5.73 Å². The van der Waals surface area contributed by atoms with Crippen molar-refractivity contribution in [1.29, 1.82) is 0 Å². The van der Waals surface area contributed by atoms with E-state index >= 15 is 0 Å². The fourth-order valence-electron chi connectivity index (χ4n) is 3.83. The summed E-state index contributed by atoms with van der Waals surface area (Å²) in [4.78, 5) is 17.2. The molecule has 110 valence electrons. The Morgan fingerprint density at radius 2 is 2.00 bits per heavy atom. The van der Waals surface area contributed by atoms with Crippen LogP contribution in [0.4, 0.5) is 11.4 Å². The van der Waals surface area contributed by atoms with Crippen LogP contribution in [0, 0.1) is 0 Å². The number of aliphatic imine (C=N–C) groups is 1. The minimum atomic E-state index is -0.538. The van der Waals surface area contributed by atoms with Crippen molar-refractivity contribution in [2.75, 3.05) is 5.73 Å². The van der Waals surface area contributed by atoms with Crippen LogP contribution in [0.3, 0.4) is 0 Å². The Bertz CT molecular complexity index is 781. The van der Waals surface area contributed by atoms with Gasteiger partial charge in [0.2, 0.25) is 0 Å². The molecule has 1 heterocycles. The summed E-state index contributed by atoms with van der Waals surface area (Å²) in [6.45, 7) is 0. The second-order valence-electron chi connectivity index (χ2n) is 6.28. The van der Waals surface area contributed by atoms with E-state index in [-0.39, 0.29) is 0 Å². The molecule has 4 rings (SSSR count). The Kier molecular flexibility index (Phi) is 2.89. The number of benzene rings is 2. The molecule has 0 saturated heterocycles. The fraction of sp³-hybridized carbons (Fsp3) is 0.263. The summed E-state index contributed by atoms with van der Waals surface area (Å²) < 4.78 is 0. The van der Waals surface area contributed by atoms with Gasteiger partial charge in [0, 0.05) is 18.3 Å². The minimum absolute atomic E-state index is 0.293. The third-order valence-electron chi connectivity index (χ3n) is 4.98. The Hall–Kier alpha value is -2.42.